The second-order valence-electron chi connectivity index (χ2n) is 5.72. The fraction of sp³-hybridized carbons (Fsp3) is 0.467. The molecule has 1 aliphatic rings. The first-order valence-electron chi connectivity index (χ1n) is 6.75. The molecule has 114 valence electrons. The van der Waals surface area contributed by atoms with Crippen LogP contribution in [0.1, 0.15) is 30.6 Å². The molecule has 1 aromatic rings. The lowest BCUT2D eigenvalue weighted by Crippen LogP contribution is -2.40. The number of benzene rings is 1. The lowest BCUT2D eigenvalue weighted by molar-refractivity contribution is -0.150. The minimum atomic E-state index is -0.943. The predicted molar refractivity (Wildman–Crippen MR) is 79.5 cm³/mol. The molecule has 1 heterocycles. The molecule has 4 nitrogen and oxygen atoms in total. The highest BCUT2D eigenvalue weighted by Crippen LogP contribution is 2.38. The summed E-state index contributed by atoms with van der Waals surface area (Å²) in [6.45, 7) is 4.12. The molecule has 2 rings (SSSR count). The molecule has 1 atom stereocenters. The van der Waals surface area contributed by atoms with Crippen LogP contribution < -0.4 is 0 Å². The van der Waals surface area contributed by atoms with Gasteiger partial charge >= 0.3 is 5.97 Å². The van der Waals surface area contributed by atoms with Crippen LogP contribution >= 0.6 is 15.9 Å². The van der Waals surface area contributed by atoms with E-state index in [2.05, 4.69) is 15.9 Å². The second-order valence-corrected chi connectivity index (χ2v) is 6.63. The minimum Gasteiger partial charge on any atom is -0.481 e. The molecule has 1 aliphatic heterocycles. The Hall–Kier alpha value is -1.43. The first kappa shape index (κ1) is 15.9. The van der Waals surface area contributed by atoms with Crippen LogP contribution in [0.2, 0.25) is 0 Å². The number of carbonyl (C=O) groups excluding carboxylic acids is 1. The van der Waals surface area contributed by atoms with Gasteiger partial charge in [-0.25, -0.2) is 4.39 Å². The molecule has 1 fully saturated rings. The Morgan fingerprint density at radius 3 is 2.57 bits per heavy atom. The standard InChI is InChI=1S/C15H17BrFNO3/c1-9(2)15(14(20)21)5-6-18(8-15)13(19)11-4-3-10(16)7-12(11)17/h3-4,7,9H,5-6,8H2,1-2H3,(H,20,21). The maximum absolute atomic E-state index is 13.9. The van der Waals surface area contributed by atoms with Crippen LogP contribution in [0.3, 0.4) is 0 Å². The summed E-state index contributed by atoms with van der Waals surface area (Å²) < 4.78 is 14.4. The van der Waals surface area contributed by atoms with Crippen molar-refractivity contribution in [3.8, 4) is 0 Å². The third-order valence-corrected chi connectivity index (χ3v) is 4.77. The van der Waals surface area contributed by atoms with Crippen molar-refractivity contribution in [1.29, 1.82) is 0 Å². The van der Waals surface area contributed by atoms with Gasteiger partial charge in [-0.1, -0.05) is 29.8 Å². The Kier molecular flexibility index (Phi) is 4.37. The largest absolute Gasteiger partial charge is 0.481 e. The molecular weight excluding hydrogens is 341 g/mol. The van der Waals surface area contributed by atoms with Crippen LogP contribution in [0.25, 0.3) is 0 Å². The first-order valence-corrected chi connectivity index (χ1v) is 7.55. The topological polar surface area (TPSA) is 57.6 Å². The number of rotatable bonds is 3. The fourth-order valence-electron chi connectivity index (χ4n) is 2.73. The summed E-state index contributed by atoms with van der Waals surface area (Å²) in [5.41, 5.74) is -0.968. The molecule has 6 heteroatoms. The normalized spacial score (nSPS) is 21.9. The van der Waals surface area contributed by atoms with Gasteiger partial charge in [0.15, 0.2) is 0 Å². The molecule has 0 spiro atoms. The van der Waals surface area contributed by atoms with Crippen molar-refractivity contribution in [3.63, 3.8) is 0 Å². The summed E-state index contributed by atoms with van der Waals surface area (Å²) in [5, 5.41) is 9.48. The minimum absolute atomic E-state index is 0.0249. The average Bonchev–Trinajstić information content (AvgIpc) is 2.84. The van der Waals surface area contributed by atoms with Crippen LogP contribution in [0.15, 0.2) is 22.7 Å². The van der Waals surface area contributed by atoms with Crippen molar-refractivity contribution >= 4 is 27.8 Å². The molecule has 1 N–H and O–H groups in total. The number of carboxylic acid groups (broad SMARTS) is 1. The second kappa shape index (κ2) is 5.75. The Balaban J connectivity index is 2.25. The van der Waals surface area contributed by atoms with E-state index in [0.717, 1.165) is 0 Å². The van der Waals surface area contributed by atoms with Crippen LogP contribution in [0.5, 0.6) is 0 Å². The summed E-state index contributed by atoms with van der Waals surface area (Å²) in [6, 6.07) is 4.24. The zero-order valence-corrected chi connectivity index (χ0v) is 13.5. The summed E-state index contributed by atoms with van der Waals surface area (Å²) in [5.74, 6) is -2.05. The number of hydrogen-bond donors (Lipinski definition) is 1. The van der Waals surface area contributed by atoms with E-state index in [0.29, 0.717) is 17.4 Å². The SMILES string of the molecule is CC(C)C1(C(=O)O)CCN(C(=O)c2ccc(Br)cc2F)C1. The smallest absolute Gasteiger partial charge is 0.311 e. The van der Waals surface area contributed by atoms with Gasteiger partial charge < -0.3 is 10.0 Å². The van der Waals surface area contributed by atoms with Crippen molar-refractivity contribution in [3.05, 3.63) is 34.1 Å². The van der Waals surface area contributed by atoms with Gasteiger partial charge in [0.25, 0.3) is 5.91 Å². The molecule has 21 heavy (non-hydrogen) atoms. The number of likely N-dealkylation sites (tertiary alicyclic amines) is 1. The van der Waals surface area contributed by atoms with Gasteiger partial charge in [0.05, 0.1) is 11.0 Å². The quantitative estimate of drug-likeness (QED) is 0.903. The lowest BCUT2D eigenvalue weighted by Gasteiger charge is -2.28. The van der Waals surface area contributed by atoms with E-state index in [9.17, 15) is 19.1 Å². The number of amides is 1. The van der Waals surface area contributed by atoms with Crippen molar-refractivity contribution in [1.82, 2.24) is 4.90 Å². The molecule has 1 unspecified atom stereocenters. The Bertz CT molecular complexity index is 590. The molecule has 1 saturated heterocycles. The highest BCUT2D eigenvalue weighted by Gasteiger charge is 2.48. The molecule has 0 bridgehead atoms. The van der Waals surface area contributed by atoms with E-state index >= 15 is 0 Å². The Morgan fingerprint density at radius 2 is 2.10 bits per heavy atom. The summed E-state index contributed by atoms with van der Waals surface area (Å²) >= 11 is 3.14. The zero-order valence-electron chi connectivity index (χ0n) is 11.9. The maximum Gasteiger partial charge on any atom is 0.311 e. The lowest BCUT2D eigenvalue weighted by atomic mass is 9.76. The van der Waals surface area contributed by atoms with E-state index in [1.807, 2.05) is 13.8 Å². The van der Waals surface area contributed by atoms with Crippen molar-refractivity contribution in [2.75, 3.05) is 13.1 Å². The van der Waals surface area contributed by atoms with Crippen molar-refractivity contribution in [2.24, 2.45) is 11.3 Å². The van der Waals surface area contributed by atoms with Gasteiger partial charge in [-0.15, -0.1) is 0 Å². The van der Waals surface area contributed by atoms with Gasteiger partial charge in [-0.05, 0) is 30.5 Å². The Labute approximate surface area is 131 Å². The number of aliphatic carboxylic acids is 1. The molecular formula is C15H17BrFNO3. The van der Waals surface area contributed by atoms with E-state index in [4.69, 9.17) is 0 Å². The molecule has 0 saturated carbocycles. The van der Waals surface area contributed by atoms with E-state index in [-0.39, 0.29) is 18.0 Å². The maximum atomic E-state index is 13.9. The van der Waals surface area contributed by atoms with Crippen LogP contribution in [-0.2, 0) is 4.79 Å². The van der Waals surface area contributed by atoms with E-state index < -0.39 is 23.1 Å². The third kappa shape index (κ3) is 2.81. The van der Waals surface area contributed by atoms with Gasteiger partial charge in [0, 0.05) is 17.6 Å². The number of halogens is 2. The highest BCUT2D eigenvalue weighted by molar-refractivity contribution is 9.10. The first-order chi connectivity index (χ1) is 9.78. The van der Waals surface area contributed by atoms with Crippen LogP contribution in [-0.4, -0.2) is 35.0 Å². The molecule has 0 radical (unpaired) electrons. The van der Waals surface area contributed by atoms with Gasteiger partial charge in [0.1, 0.15) is 5.82 Å². The average molecular weight is 358 g/mol. The molecule has 0 aliphatic carbocycles. The van der Waals surface area contributed by atoms with Gasteiger partial charge in [-0.3, -0.25) is 9.59 Å². The number of carboxylic acids is 1. The number of carbonyl (C=O) groups is 2. The third-order valence-electron chi connectivity index (χ3n) is 4.28. The predicted octanol–water partition coefficient (Wildman–Crippen LogP) is 3.16. The molecule has 0 aromatic heterocycles. The van der Waals surface area contributed by atoms with Crippen molar-refractivity contribution in [2.45, 2.75) is 20.3 Å². The Morgan fingerprint density at radius 1 is 1.43 bits per heavy atom. The summed E-state index contributed by atoms with van der Waals surface area (Å²) in [4.78, 5) is 25.4. The number of nitrogens with zero attached hydrogens (tertiary/aromatic N) is 1. The van der Waals surface area contributed by atoms with Gasteiger partial charge in [0.2, 0.25) is 0 Å². The van der Waals surface area contributed by atoms with E-state index in [1.165, 1.54) is 17.0 Å². The zero-order chi connectivity index (χ0) is 15.8. The highest BCUT2D eigenvalue weighted by atomic mass is 79.9. The molecule has 1 amide bonds. The van der Waals surface area contributed by atoms with Crippen LogP contribution in [0.4, 0.5) is 4.39 Å². The van der Waals surface area contributed by atoms with Crippen molar-refractivity contribution < 1.29 is 19.1 Å². The molecule has 1 aromatic carbocycles. The fourth-order valence-corrected chi connectivity index (χ4v) is 3.07. The summed E-state index contributed by atoms with van der Waals surface area (Å²) in [6.07, 6.45) is 0.393. The van der Waals surface area contributed by atoms with E-state index in [1.54, 1.807) is 6.07 Å². The summed E-state index contributed by atoms with van der Waals surface area (Å²) in [7, 11) is 0. The van der Waals surface area contributed by atoms with Gasteiger partial charge in [-0.2, -0.15) is 0 Å². The van der Waals surface area contributed by atoms with Crippen LogP contribution in [0, 0.1) is 17.2 Å². The number of hydrogen-bond acceptors (Lipinski definition) is 2. The monoisotopic (exact) mass is 357 g/mol.